The Bertz CT molecular complexity index is 1170. The lowest BCUT2D eigenvalue weighted by Crippen LogP contribution is -2.59. The molecule has 21 nitrogen and oxygen atoms in total. The Morgan fingerprint density at radius 2 is 1.03 bits per heavy atom. The number of hydrogen-bond donors (Lipinski definition) is 12. The molecule has 0 aromatic heterocycles. The second-order valence-corrected chi connectivity index (χ2v) is 14.5. The van der Waals surface area contributed by atoms with Crippen LogP contribution in [0.5, 0.6) is 0 Å². The Morgan fingerprint density at radius 1 is 0.552 bits per heavy atom. The van der Waals surface area contributed by atoms with E-state index in [-0.39, 0.29) is 57.3 Å². The molecule has 2 heterocycles. The third-order valence-corrected chi connectivity index (χ3v) is 9.76. The number of hydrogen-bond acceptors (Lipinski definition) is 17. The lowest BCUT2D eigenvalue weighted by molar-refractivity contribution is -0.301. The van der Waals surface area contributed by atoms with Crippen LogP contribution in [0.15, 0.2) is 0 Å². The quantitative estimate of drug-likeness (QED) is 0.0308. The summed E-state index contributed by atoms with van der Waals surface area (Å²) in [6, 6.07) is -0.684. The minimum Gasteiger partial charge on any atom is -0.394 e. The van der Waals surface area contributed by atoms with Gasteiger partial charge in [-0.2, -0.15) is 0 Å². The van der Waals surface area contributed by atoms with E-state index >= 15 is 0 Å². The van der Waals surface area contributed by atoms with Crippen molar-refractivity contribution in [2.45, 2.75) is 151 Å². The highest BCUT2D eigenvalue weighted by molar-refractivity contribution is 5.85. The molecule has 58 heavy (non-hydrogen) atoms. The molecule has 2 aliphatic heterocycles. The zero-order valence-electron chi connectivity index (χ0n) is 33.5. The number of ether oxygens (including phenoxy) is 5. The van der Waals surface area contributed by atoms with E-state index < -0.39 is 92.5 Å². The Labute approximate surface area is 339 Å². The molecule has 4 amide bonds. The van der Waals surface area contributed by atoms with Gasteiger partial charge in [-0.25, -0.2) is 0 Å². The van der Waals surface area contributed by atoms with Gasteiger partial charge in [-0.15, -0.1) is 0 Å². The van der Waals surface area contributed by atoms with Gasteiger partial charge in [0.2, 0.25) is 23.6 Å². The standard InChI is InChI=1S/C37H68N4O17/c1-54-16-8-3-2-6-15-39-28(46)19-23(12-13-27(45)38-14-7-4-9-17-55-36-34(52)32(50)30(48)24(21-42)57-36)41-29(47)20-40-26(44)11-5-10-18-56-37-35(53)33(51)31(49)25(22-43)58-37/h23-25,30-37,42-43,48-53H,2-22H2,1H3,(H,38,45)(H,39,46)(H,40,44)(H,41,47)/t23-,24?,25?,30+,31+,32-,33-,34?,35?,36+,37+/m0/s1. The van der Waals surface area contributed by atoms with Crippen LogP contribution in [-0.2, 0) is 42.9 Å². The van der Waals surface area contributed by atoms with Crippen LogP contribution in [0.2, 0.25) is 0 Å². The van der Waals surface area contributed by atoms with Crippen LogP contribution in [0.4, 0.5) is 0 Å². The van der Waals surface area contributed by atoms with E-state index in [4.69, 9.17) is 23.7 Å². The molecule has 2 fully saturated rings. The molecule has 0 spiro atoms. The van der Waals surface area contributed by atoms with Gasteiger partial charge in [0.25, 0.3) is 0 Å². The summed E-state index contributed by atoms with van der Waals surface area (Å²) in [5.74, 6) is -1.52. The predicted molar refractivity (Wildman–Crippen MR) is 202 cm³/mol. The first-order valence-electron chi connectivity index (χ1n) is 20.2. The first kappa shape index (κ1) is 51.5. The van der Waals surface area contributed by atoms with E-state index in [1.54, 1.807) is 7.11 Å². The fourth-order valence-corrected chi connectivity index (χ4v) is 6.24. The molecule has 0 bridgehead atoms. The molecule has 2 saturated heterocycles. The van der Waals surface area contributed by atoms with Crippen LogP contribution in [0, 0.1) is 0 Å². The second-order valence-electron chi connectivity index (χ2n) is 14.5. The number of carbonyl (C=O) groups excluding carboxylic acids is 4. The van der Waals surface area contributed by atoms with Crippen molar-refractivity contribution in [1.29, 1.82) is 0 Å². The Morgan fingerprint density at radius 3 is 1.59 bits per heavy atom. The summed E-state index contributed by atoms with van der Waals surface area (Å²) in [5, 5.41) is 89.1. The predicted octanol–water partition coefficient (Wildman–Crippen LogP) is -3.83. The van der Waals surface area contributed by atoms with Crippen molar-refractivity contribution < 1.29 is 83.7 Å². The summed E-state index contributed by atoms with van der Waals surface area (Å²) in [5.41, 5.74) is 0. The molecule has 2 rings (SSSR count). The lowest BCUT2D eigenvalue weighted by Gasteiger charge is -2.39. The van der Waals surface area contributed by atoms with Crippen LogP contribution in [0.25, 0.3) is 0 Å². The number of rotatable bonds is 30. The average molecular weight is 841 g/mol. The van der Waals surface area contributed by atoms with Gasteiger partial charge < -0.3 is 85.8 Å². The third-order valence-electron chi connectivity index (χ3n) is 9.76. The maximum absolute atomic E-state index is 12.8. The normalized spacial score (nSPS) is 27.7. The van der Waals surface area contributed by atoms with Gasteiger partial charge in [0.15, 0.2) is 12.6 Å². The maximum atomic E-state index is 12.8. The largest absolute Gasteiger partial charge is 0.394 e. The van der Waals surface area contributed by atoms with Crippen molar-refractivity contribution in [2.24, 2.45) is 0 Å². The van der Waals surface area contributed by atoms with Gasteiger partial charge in [0, 0.05) is 65.3 Å². The summed E-state index contributed by atoms with van der Waals surface area (Å²) in [4.78, 5) is 50.5. The summed E-state index contributed by atoms with van der Waals surface area (Å²) < 4.78 is 26.5. The molecule has 0 aromatic rings. The maximum Gasteiger partial charge on any atom is 0.239 e. The number of carbonyl (C=O) groups is 4. The lowest BCUT2D eigenvalue weighted by atomic mass is 9.99. The molecule has 0 saturated carbocycles. The van der Waals surface area contributed by atoms with Gasteiger partial charge in [0.05, 0.1) is 19.8 Å². The molecule has 4 unspecified atom stereocenters. The number of methoxy groups -OCH3 is 1. The minimum absolute atomic E-state index is 0.0233. The fraction of sp³-hybridized carbons (Fsp3) is 0.892. The molecular formula is C37H68N4O17. The highest BCUT2D eigenvalue weighted by Crippen LogP contribution is 2.23. The van der Waals surface area contributed by atoms with Crippen molar-refractivity contribution in [3.8, 4) is 0 Å². The molecule has 0 radical (unpaired) electrons. The zero-order chi connectivity index (χ0) is 42.9. The van der Waals surface area contributed by atoms with Crippen molar-refractivity contribution in [1.82, 2.24) is 21.3 Å². The summed E-state index contributed by atoms with van der Waals surface area (Å²) in [7, 11) is 1.64. The van der Waals surface area contributed by atoms with Crippen LogP contribution in [-0.4, -0.2) is 192 Å². The molecule has 0 aliphatic carbocycles. The first-order chi connectivity index (χ1) is 27.8. The Balaban J connectivity index is 1.71. The molecule has 338 valence electrons. The summed E-state index contributed by atoms with van der Waals surface area (Å²) >= 11 is 0. The van der Waals surface area contributed by atoms with Gasteiger partial charge in [-0.05, 0) is 51.4 Å². The smallest absolute Gasteiger partial charge is 0.239 e. The Hall–Kier alpha value is -2.64. The molecular weight excluding hydrogens is 772 g/mol. The van der Waals surface area contributed by atoms with Gasteiger partial charge in [0.1, 0.15) is 48.8 Å². The minimum atomic E-state index is -1.56. The van der Waals surface area contributed by atoms with E-state index in [1.807, 2.05) is 0 Å². The van der Waals surface area contributed by atoms with Crippen LogP contribution < -0.4 is 21.3 Å². The summed E-state index contributed by atoms with van der Waals surface area (Å²) in [6.45, 7) is 0.210. The monoisotopic (exact) mass is 840 g/mol. The van der Waals surface area contributed by atoms with Crippen molar-refractivity contribution in [3.63, 3.8) is 0 Å². The summed E-state index contributed by atoms with van der Waals surface area (Å²) in [6.07, 6.45) is -7.44. The number of amides is 4. The average Bonchev–Trinajstić information content (AvgIpc) is 3.20. The van der Waals surface area contributed by atoms with Crippen molar-refractivity contribution in [2.75, 3.05) is 59.8 Å². The molecule has 12 N–H and O–H groups in total. The third kappa shape index (κ3) is 19.6. The first-order valence-corrected chi connectivity index (χ1v) is 20.2. The number of aliphatic hydroxyl groups excluding tert-OH is 8. The molecule has 11 atom stereocenters. The van der Waals surface area contributed by atoms with E-state index in [9.17, 15) is 60.0 Å². The van der Waals surface area contributed by atoms with E-state index in [0.29, 0.717) is 51.8 Å². The van der Waals surface area contributed by atoms with E-state index in [2.05, 4.69) is 21.3 Å². The van der Waals surface area contributed by atoms with Gasteiger partial charge >= 0.3 is 0 Å². The van der Waals surface area contributed by atoms with E-state index in [1.165, 1.54) is 0 Å². The second kappa shape index (κ2) is 29.6. The van der Waals surface area contributed by atoms with Crippen LogP contribution in [0.3, 0.4) is 0 Å². The number of unbranched alkanes of at least 4 members (excludes halogenated alkanes) is 6. The highest BCUT2D eigenvalue weighted by atomic mass is 16.7. The van der Waals surface area contributed by atoms with Crippen molar-refractivity contribution >= 4 is 23.6 Å². The molecule has 2 aliphatic rings. The SMILES string of the molecule is COCCCCCCNC(=O)C[C@H](CCC(=O)NCCCCCO[C@@H]1OC(CO)[C@@H](O)[C@H](O)C1O)NC(=O)CNC(=O)CCCCO[C@@H]1OC(CO)[C@@H](O)[C@H](O)C1O. The molecule has 21 heteroatoms. The van der Waals surface area contributed by atoms with Gasteiger partial charge in [-0.1, -0.05) is 12.8 Å². The Kier molecular flexibility index (Phi) is 26.2. The van der Waals surface area contributed by atoms with Crippen LogP contribution >= 0.6 is 0 Å². The number of nitrogens with one attached hydrogen (secondary N) is 4. The highest BCUT2D eigenvalue weighted by Gasteiger charge is 2.45. The van der Waals surface area contributed by atoms with E-state index in [0.717, 1.165) is 25.7 Å². The number of aliphatic hydroxyl groups is 8. The fourth-order valence-electron chi connectivity index (χ4n) is 6.24. The van der Waals surface area contributed by atoms with Crippen molar-refractivity contribution in [3.05, 3.63) is 0 Å². The topological polar surface area (TPSA) is 324 Å². The van der Waals surface area contributed by atoms with Crippen LogP contribution in [0.1, 0.15) is 83.5 Å². The van der Waals surface area contributed by atoms with Gasteiger partial charge in [-0.3, -0.25) is 19.2 Å². The molecule has 0 aromatic carbocycles. The zero-order valence-corrected chi connectivity index (χ0v) is 33.5.